The number of hydrogen-bond donors (Lipinski definition) is 2. The minimum Gasteiger partial charge on any atom is -0.464 e. The van der Waals surface area contributed by atoms with E-state index in [1.54, 1.807) is 20.8 Å². The Morgan fingerprint density at radius 3 is 2.53 bits per heavy atom. The molecule has 0 unspecified atom stereocenters. The smallest absolute Gasteiger partial charge is 0.427 e. The molecule has 17 heavy (non-hydrogen) atoms. The van der Waals surface area contributed by atoms with E-state index in [2.05, 4.69) is 0 Å². The second-order valence-electron chi connectivity index (χ2n) is 4.61. The maximum atomic E-state index is 11.2. The van der Waals surface area contributed by atoms with Crippen molar-refractivity contribution in [3.8, 4) is 6.07 Å². The van der Waals surface area contributed by atoms with Gasteiger partial charge in [-0.05, 0) is 32.4 Å². The Bertz CT molecular complexity index is 465. The van der Waals surface area contributed by atoms with Crippen LogP contribution in [0.2, 0.25) is 0 Å². The lowest BCUT2D eigenvalue weighted by Crippen LogP contribution is -2.52. The van der Waals surface area contributed by atoms with E-state index in [1.165, 1.54) is 16.9 Å². The molecule has 1 aromatic heterocycles. The summed E-state index contributed by atoms with van der Waals surface area (Å²) in [7, 11) is 0. The summed E-state index contributed by atoms with van der Waals surface area (Å²) >= 11 is 0. The zero-order chi connectivity index (χ0) is 13.2. The van der Waals surface area contributed by atoms with Crippen molar-refractivity contribution in [3.05, 3.63) is 23.5 Å². The summed E-state index contributed by atoms with van der Waals surface area (Å²) < 4.78 is 1.24. The maximum Gasteiger partial charge on any atom is 0.427 e. The number of aliphatic hydroxyl groups is 1. The molecule has 0 aromatic carbocycles. The van der Waals surface area contributed by atoms with Gasteiger partial charge in [0.25, 0.3) is 0 Å². The predicted molar refractivity (Wildman–Crippen MR) is 61.1 cm³/mol. The second-order valence-corrected chi connectivity index (χ2v) is 4.61. The first-order chi connectivity index (χ1) is 7.81. The van der Waals surface area contributed by atoms with Gasteiger partial charge in [0.05, 0.1) is 12.1 Å². The zero-order valence-electron chi connectivity index (χ0n) is 10.0. The Balaban J connectivity index is 3.34. The van der Waals surface area contributed by atoms with Gasteiger partial charge in [0.15, 0.2) is 0 Å². The van der Waals surface area contributed by atoms with Gasteiger partial charge >= 0.3 is 6.09 Å². The Morgan fingerprint density at radius 2 is 2.18 bits per heavy atom. The third-order valence-electron chi connectivity index (χ3n) is 2.19. The molecule has 0 aliphatic heterocycles. The van der Waals surface area contributed by atoms with Crippen LogP contribution in [-0.2, 0) is 6.61 Å². The molecule has 0 radical (unpaired) electrons. The molecular weight excluding hydrogens is 222 g/mol. The van der Waals surface area contributed by atoms with E-state index in [4.69, 9.17) is 10.4 Å². The van der Waals surface area contributed by atoms with E-state index in [1.807, 2.05) is 6.07 Å². The Morgan fingerprint density at radius 1 is 1.59 bits per heavy atom. The summed E-state index contributed by atoms with van der Waals surface area (Å²) in [5, 5.41) is 28.2. The van der Waals surface area contributed by atoms with Crippen LogP contribution in [0.5, 0.6) is 0 Å². The molecule has 6 nitrogen and oxygen atoms in total. The average molecular weight is 237 g/mol. The fraction of sp³-hybridized carbons (Fsp3) is 0.455. The zero-order valence-corrected chi connectivity index (χ0v) is 10.0. The van der Waals surface area contributed by atoms with Gasteiger partial charge in [-0.25, -0.2) is 14.5 Å². The summed E-state index contributed by atoms with van der Waals surface area (Å²) in [5.41, 5.74) is -0.0215. The van der Waals surface area contributed by atoms with Gasteiger partial charge in [0.1, 0.15) is 11.8 Å². The van der Waals surface area contributed by atoms with E-state index in [0.29, 0.717) is 5.56 Å². The summed E-state index contributed by atoms with van der Waals surface area (Å²) in [6.07, 6.45) is 0.284. The van der Waals surface area contributed by atoms with Crippen LogP contribution < -0.4 is 5.01 Å². The van der Waals surface area contributed by atoms with Gasteiger partial charge in [-0.3, -0.25) is 0 Å². The molecule has 0 saturated heterocycles. The van der Waals surface area contributed by atoms with Crippen molar-refractivity contribution in [3.63, 3.8) is 0 Å². The Labute approximate surface area is 99.3 Å². The minimum atomic E-state index is -1.16. The molecule has 0 spiro atoms. The highest BCUT2D eigenvalue weighted by Crippen LogP contribution is 2.17. The van der Waals surface area contributed by atoms with Gasteiger partial charge in [-0.15, -0.1) is 0 Å². The van der Waals surface area contributed by atoms with Crippen LogP contribution in [0.4, 0.5) is 4.79 Å². The SMILES string of the molecule is CC(C)(C)N(C(=O)O)n1cc(CO)cc1C#N. The summed E-state index contributed by atoms with van der Waals surface area (Å²) in [6, 6.07) is 3.36. The predicted octanol–water partition coefficient (Wildman–Crippen LogP) is 1.27. The highest BCUT2D eigenvalue weighted by atomic mass is 16.4. The molecule has 1 rings (SSSR count). The monoisotopic (exact) mass is 237 g/mol. The average Bonchev–Trinajstić information content (AvgIpc) is 2.58. The van der Waals surface area contributed by atoms with Crippen molar-refractivity contribution in [1.29, 1.82) is 5.26 Å². The summed E-state index contributed by atoms with van der Waals surface area (Å²) in [5.74, 6) is 0. The summed E-state index contributed by atoms with van der Waals surface area (Å²) in [4.78, 5) is 11.2. The first-order valence-electron chi connectivity index (χ1n) is 5.07. The van der Waals surface area contributed by atoms with Gasteiger partial charge in [-0.2, -0.15) is 5.26 Å². The number of carbonyl (C=O) groups is 1. The van der Waals surface area contributed by atoms with Crippen LogP contribution in [0, 0.1) is 11.3 Å². The molecule has 2 N–H and O–H groups in total. The highest BCUT2D eigenvalue weighted by molar-refractivity contribution is 5.78. The molecule has 0 atom stereocenters. The highest BCUT2D eigenvalue weighted by Gasteiger charge is 2.29. The van der Waals surface area contributed by atoms with Crippen LogP contribution in [-0.4, -0.2) is 26.5 Å². The normalized spacial score (nSPS) is 11.0. The molecule has 0 aliphatic carbocycles. The fourth-order valence-electron chi connectivity index (χ4n) is 1.54. The van der Waals surface area contributed by atoms with Gasteiger partial charge < -0.3 is 10.2 Å². The topological polar surface area (TPSA) is 89.5 Å². The molecule has 92 valence electrons. The number of aromatic nitrogens is 1. The minimum absolute atomic E-state index is 0.173. The Kier molecular flexibility index (Phi) is 3.44. The van der Waals surface area contributed by atoms with Crippen molar-refractivity contribution in [2.75, 3.05) is 5.01 Å². The van der Waals surface area contributed by atoms with Crippen LogP contribution >= 0.6 is 0 Å². The van der Waals surface area contributed by atoms with Crippen LogP contribution in [0.15, 0.2) is 12.3 Å². The van der Waals surface area contributed by atoms with Gasteiger partial charge in [-0.1, -0.05) is 0 Å². The molecule has 0 fully saturated rings. The van der Waals surface area contributed by atoms with Crippen molar-refractivity contribution < 1.29 is 15.0 Å². The van der Waals surface area contributed by atoms with Crippen molar-refractivity contribution in [2.45, 2.75) is 32.9 Å². The number of aliphatic hydroxyl groups excluding tert-OH is 1. The molecule has 6 heteroatoms. The lowest BCUT2D eigenvalue weighted by molar-refractivity contribution is 0.184. The molecule has 0 saturated carbocycles. The third kappa shape index (κ3) is 2.57. The lowest BCUT2D eigenvalue weighted by atomic mass is 10.1. The van der Waals surface area contributed by atoms with Crippen molar-refractivity contribution in [1.82, 2.24) is 4.68 Å². The van der Waals surface area contributed by atoms with E-state index >= 15 is 0 Å². The standard InChI is InChI=1S/C11H15N3O3/c1-11(2,3)14(10(16)17)13-6-8(7-15)4-9(13)5-12/h4,6,15H,7H2,1-3H3,(H,16,17). The largest absolute Gasteiger partial charge is 0.464 e. The van der Waals surface area contributed by atoms with Crippen LogP contribution in [0.25, 0.3) is 0 Å². The van der Waals surface area contributed by atoms with Crippen molar-refractivity contribution >= 4 is 6.09 Å². The molecule has 0 bridgehead atoms. The number of rotatable bonds is 2. The second kappa shape index (κ2) is 4.47. The molecule has 1 heterocycles. The number of hydrogen-bond acceptors (Lipinski definition) is 3. The van der Waals surface area contributed by atoms with E-state index in [9.17, 15) is 9.90 Å². The molecule has 1 amide bonds. The van der Waals surface area contributed by atoms with E-state index < -0.39 is 11.6 Å². The molecule has 0 aliphatic rings. The fourth-order valence-corrected chi connectivity index (χ4v) is 1.54. The quantitative estimate of drug-likeness (QED) is 0.810. The van der Waals surface area contributed by atoms with E-state index in [0.717, 1.165) is 5.01 Å². The molecular formula is C11H15N3O3. The summed E-state index contributed by atoms with van der Waals surface area (Å²) in [6.45, 7) is 4.93. The number of amides is 1. The van der Waals surface area contributed by atoms with Gasteiger partial charge in [0.2, 0.25) is 0 Å². The maximum absolute atomic E-state index is 11.2. The van der Waals surface area contributed by atoms with Crippen LogP contribution in [0.3, 0.4) is 0 Å². The lowest BCUT2D eigenvalue weighted by Gasteiger charge is -2.33. The van der Waals surface area contributed by atoms with Gasteiger partial charge in [0, 0.05) is 6.20 Å². The molecule has 1 aromatic rings. The van der Waals surface area contributed by atoms with Crippen molar-refractivity contribution in [2.24, 2.45) is 0 Å². The number of nitrogens with zero attached hydrogens (tertiary/aromatic N) is 3. The third-order valence-corrected chi connectivity index (χ3v) is 2.19. The van der Waals surface area contributed by atoms with Crippen LogP contribution in [0.1, 0.15) is 32.0 Å². The Hall–Kier alpha value is -2.00. The number of carboxylic acid groups (broad SMARTS) is 1. The number of nitriles is 1. The van der Waals surface area contributed by atoms with E-state index in [-0.39, 0.29) is 12.3 Å². The first kappa shape index (κ1) is 13.1. The first-order valence-corrected chi connectivity index (χ1v) is 5.07.